The molecule has 1 heterocycles. The van der Waals surface area contributed by atoms with Crippen LogP contribution >= 0.6 is 0 Å². The molecule has 82 valence electrons. The Morgan fingerprint density at radius 3 is 2.80 bits per heavy atom. The maximum atomic E-state index is 9.06. The van der Waals surface area contributed by atoms with Crippen molar-refractivity contribution in [2.75, 3.05) is 7.11 Å². The molecule has 1 aliphatic rings. The summed E-state index contributed by atoms with van der Waals surface area (Å²) in [7, 11) is 1.69. The summed E-state index contributed by atoms with van der Waals surface area (Å²) in [6, 6.07) is 1.79. The Morgan fingerprint density at radius 2 is 2.27 bits per heavy atom. The number of rotatable bonds is 4. The van der Waals surface area contributed by atoms with Gasteiger partial charge in [-0.15, -0.1) is 0 Å². The van der Waals surface area contributed by atoms with Crippen LogP contribution in [-0.4, -0.2) is 22.2 Å². The van der Waals surface area contributed by atoms with E-state index >= 15 is 0 Å². The largest absolute Gasteiger partial charge is 0.390 e. The van der Waals surface area contributed by atoms with Gasteiger partial charge in [-0.1, -0.05) is 0 Å². The lowest BCUT2D eigenvalue weighted by Gasteiger charge is -2.14. The van der Waals surface area contributed by atoms with Crippen LogP contribution in [0.15, 0.2) is 6.07 Å². The van der Waals surface area contributed by atoms with E-state index in [9.17, 15) is 0 Å². The van der Waals surface area contributed by atoms with E-state index in [0.29, 0.717) is 17.4 Å². The number of aromatic nitrogens is 2. The third-order valence-corrected chi connectivity index (χ3v) is 2.65. The van der Waals surface area contributed by atoms with Crippen LogP contribution in [0.3, 0.4) is 0 Å². The molecule has 1 fully saturated rings. The number of hydrogen-bond acceptors (Lipinski definition) is 4. The molecule has 15 heavy (non-hydrogen) atoms. The van der Waals surface area contributed by atoms with Gasteiger partial charge in [0.25, 0.3) is 0 Å². The highest BCUT2D eigenvalue weighted by Gasteiger charge is 2.34. The van der Waals surface area contributed by atoms with Crippen molar-refractivity contribution < 1.29 is 9.84 Å². The van der Waals surface area contributed by atoms with Crippen molar-refractivity contribution in [1.29, 1.82) is 0 Å². The second-order valence-corrected chi connectivity index (χ2v) is 4.01. The third-order valence-electron chi connectivity index (χ3n) is 2.65. The first-order valence-corrected chi connectivity index (χ1v) is 5.22. The van der Waals surface area contributed by atoms with Crippen molar-refractivity contribution in [2.45, 2.75) is 32.5 Å². The van der Waals surface area contributed by atoms with Gasteiger partial charge in [-0.25, -0.2) is 9.97 Å². The van der Waals surface area contributed by atoms with Crippen LogP contribution in [-0.2, 0) is 11.3 Å². The maximum absolute atomic E-state index is 9.06. The van der Waals surface area contributed by atoms with Gasteiger partial charge in [0.05, 0.1) is 12.3 Å². The van der Waals surface area contributed by atoms with Crippen molar-refractivity contribution in [3.63, 3.8) is 0 Å². The number of aliphatic hydroxyl groups excluding tert-OH is 1. The van der Waals surface area contributed by atoms with Gasteiger partial charge in [-0.05, 0) is 31.7 Å². The molecule has 0 aliphatic heterocycles. The van der Waals surface area contributed by atoms with Crippen LogP contribution in [0, 0.1) is 12.8 Å². The summed E-state index contributed by atoms with van der Waals surface area (Å²) >= 11 is 0. The summed E-state index contributed by atoms with van der Waals surface area (Å²) < 4.78 is 5.41. The standard InChI is InChI=1S/C11H16N2O2/c1-7-5-9(6-14)13-11(12-7)10(15-2)8-3-4-8/h5,8,10,14H,3-4,6H2,1-2H3. The van der Waals surface area contributed by atoms with Gasteiger partial charge in [-0.3, -0.25) is 0 Å². The first-order valence-electron chi connectivity index (χ1n) is 5.22. The Morgan fingerprint density at radius 1 is 1.53 bits per heavy atom. The summed E-state index contributed by atoms with van der Waals surface area (Å²) in [5.74, 6) is 1.27. The molecule has 0 spiro atoms. The number of methoxy groups -OCH3 is 1. The highest BCUT2D eigenvalue weighted by Crippen LogP contribution is 2.41. The van der Waals surface area contributed by atoms with Crippen LogP contribution in [0.5, 0.6) is 0 Å². The van der Waals surface area contributed by atoms with E-state index < -0.39 is 0 Å². The van der Waals surface area contributed by atoms with E-state index in [4.69, 9.17) is 9.84 Å². The monoisotopic (exact) mass is 208 g/mol. The molecule has 1 N–H and O–H groups in total. The van der Waals surface area contributed by atoms with Crippen molar-refractivity contribution >= 4 is 0 Å². The Bertz CT molecular complexity index is 350. The van der Waals surface area contributed by atoms with Gasteiger partial charge < -0.3 is 9.84 Å². The normalized spacial score (nSPS) is 17.8. The molecule has 4 heteroatoms. The van der Waals surface area contributed by atoms with E-state index in [1.54, 1.807) is 13.2 Å². The zero-order valence-corrected chi connectivity index (χ0v) is 9.10. The molecular weight excluding hydrogens is 192 g/mol. The lowest BCUT2D eigenvalue weighted by Crippen LogP contribution is -2.11. The summed E-state index contributed by atoms with van der Waals surface area (Å²) in [4.78, 5) is 8.67. The number of nitrogens with zero attached hydrogens (tertiary/aromatic N) is 2. The quantitative estimate of drug-likeness (QED) is 0.812. The fourth-order valence-corrected chi connectivity index (χ4v) is 1.77. The zero-order valence-electron chi connectivity index (χ0n) is 9.10. The predicted molar refractivity (Wildman–Crippen MR) is 55.2 cm³/mol. The number of aliphatic hydroxyl groups is 1. The molecule has 2 rings (SSSR count). The minimum absolute atomic E-state index is 0.00444. The third kappa shape index (κ3) is 2.33. The first-order chi connectivity index (χ1) is 7.24. The Kier molecular flexibility index (Phi) is 2.98. The van der Waals surface area contributed by atoms with E-state index in [-0.39, 0.29) is 12.7 Å². The molecule has 0 bridgehead atoms. The van der Waals surface area contributed by atoms with Crippen molar-refractivity contribution in [3.05, 3.63) is 23.3 Å². The van der Waals surface area contributed by atoms with Crippen LogP contribution in [0.4, 0.5) is 0 Å². The minimum atomic E-state index is -0.0442. The van der Waals surface area contributed by atoms with Gasteiger partial charge in [0.1, 0.15) is 6.10 Å². The van der Waals surface area contributed by atoms with Crippen molar-refractivity contribution in [2.24, 2.45) is 5.92 Å². The Balaban J connectivity index is 2.28. The van der Waals surface area contributed by atoms with Crippen LogP contribution < -0.4 is 0 Å². The van der Waals surface area contributed by atoms with Gasteiger partial charge in [0.15, 0.2) is 5.82 Å². The van der Waals surface area contributed by atoms with E-state index in [2.05, 4.69) is 9.97 Å². The van der Waals surface area contributed by atoms with Crippen LogP contribution in [0.1, 0.15) is 36.2 Å². The molecular formula is C11H16N2O2. The topological polar surface area (TPSA) is 55.2 Å². The molecule has 1 unspecified atom stereocenters. The number of ether oxygens (including phenoxy) is 1. The fraction of sp³-hybridized carbons (Fsp3) is 0.636. The smallest absolute Gasteiger partial charge is 0.157 e. The Hall–Kier alpha value is -1.00. The Labute approximate surface area is 89.3 Å². The molecule has 0 saturated heterocycles. The average molecular weight is 208 g/mol. The highest BCUT2D eigenvalue weighted by molar-refractivity contribution is 5.12. The lowest BCUT2D eigenvalue weighted by atomic mass is 10.2. The molecule has 1 saturated carbocycles. The summed E-state index contributed by atoms with van der Waals surface area (Å²) in [6.45, 7) is 1.86. The predicted octanol–water partition coefficient (Wildman–Crippen LogP) is 1.37. The van der Waals surface area contributed by atoms with Gasteiger partial charge >= 0.3 is 0 Å². The van der Waals surface area contributed by atoms with E-state index in [0.717, 1.165) is 5.69 Å². The minimum Gasteiger partial charge on any atom is -0.390 e. The van der Waals surface area contributed by atoms with Crippen LogP contribution in [0.25, 0.3) is 0 Å². The summed E-state index contributed by atoms with van der Waals surface area (Å²) in [5, 5.41) is 9.06. The van der Waals surface area contributed by atoms with E-state index in [1.165, 1.54) is 12.8 Å². The molecule has 4 nitrogen and oxygen atoms in total. The van der Waals surface area contributed by atoms with Gasteiger partial charge in [0.2, 0.25) is 0 Å². The number of aryl methyl sites for hydroxylation is 1. The maximum Gasteiger partial charge on any atom is 0.157 e. The van der Waals surface area contributed by atoms with Gasteiger partial charge in [0, 0.05) is 12.8 Å². The van der Waals surface area contributed by atoms with E-state index in [1.807, 2.05) is 6.92 Å². The highest BCUT2D eigenvalue weighted by atomic mass is 16.5. The molecule has 0 aromatic carbocycles. The SMILES string of the molecule is COC(c1nc(C)cc(CO)n1)C1CC1. The molecule has 0 radical (unpaired) electrons. The molecule has 1 atom stereocenters. The second-order valence-electron chi connectivity index (χ2n) is 4.01. The average Bonchev–Trinajstić information content (AvgIpc) is 3.02. The van der Waals surface area contributed by atoms with Crippen molar-refractivity contribution in [3.8, 4) is 0 Å². The van der Waals surface area contributed by atoms with Gasteiger partial charge in [-0.2, -0.15) is 0 Å². The fourth-order valence-electron chi connectivity index (χ4n) is 1.77. The molecule has 0 amide bonds. The lowest BCUT2D eigenvalue weighted by molar-refractivity contribution is 0.0765. The molecule has 1 aliphatic carbocycles. The summed E-state index contributed by atoms with van der Waals surface area (Å²) in [6.07, 6.45) is 2.37. The molecule has 1 aromatic rings. The van der Waals surface area contributed by atoms with Crippen molar-refractivity contribution in [1.82, 2.24) is 9.97 Å². The second kappa shape index (κ2) is 4.24. The zero-order chi connectivity index (χ0) is 10.8. The summed E-state index contributed by atoms with van der Waals surface area (Å²) in [5.41, 5.74) is 1.55. The first kappa shape index (κ1) is 10.5. The molecule has 1 aromatic heterocycles. The van der Waals surface area contributed by atoms with Crippen LogP contribution in [0.2, 0.25) is 0 Å². The number of hydrogen-bond donors (Lipinski definition) is 1.